The van der Waals surface area contributed by atoms with Crippen molar-refractivity contribution >= 4 is 17.4 Å². The van der Waals surface area contributed by atoms with Crippen LogP contribution in [0.4, 0.5) is 19.1 Å². The van der Waals surface area contributed by atoms with Gasteiger partial charge in [-0.2, -0.15) is 13.2 Å². The summed E-state index contributed by atoms with van der Waals surface area (Å²) in [5.74, 6) is -0.440. The van der Waals surface area contributed by atoms with Crippen LogP contribution in [0.2, 0.25) is 0 Å². The zero-order chi connectivity index (χ0) is 17.4. The quantitative estimate of drug-likeness (QED) is 0.629. The first kappa shape index (κ1) is 17.5. The predicted molar refractivity (Wildman–Crippen MR) is 84.0 cm³/mol. The van der Waals surface area contributed by atoms with E-state index in [1.165, 1.54) is 24.3 Å². The number of anilines is 1. The normalized spacial score (nSPS) is 11.9. The smallest absolute Gasteiger partial charge is 0.352 e. The van der Waals surface area contributed by atoms with Gasteiger partial charge in [0.05, 0.1) is 5.57 Å². The van der Waals surface area contributed by atoms with Gasteiger partial charge in [0.15, 0.2) is 0 Å². The maximum atomic E-state index is 13.1. The first-order valence-electron chi connectivity index (χ1n) is 7.10. The number of aromatic nitrogens is 2. The topological polar surface area (TPSA) is 66.9 Å². The van der Waals surface area contributed by atoms with Crippen molar-refractivity contribution in [3.05, 3.63) is 60.4 Å². The molecule has 0 fully saturated rings. The Bertz CT molecular complexity index is 687. The number of rotatable bonds is 6. The highest BCUT2D eigenvalue weighted by Gasteiger charge is 2.35. The van der Waals surface area contributed by atoms with Gasteiger partial charge >= 0.3 is 6.18 Å². The third-order valence-electron chi connectivity index (χ3n) is 2.94. The molecule has 0 aliphatic rings. The number of alkyl halides is 3. The molecule has 1 heterocycles. The summed E-state index contributed by atoms with van der Waals surface area (Å²) in [5, 5.41) is 5.23. The van der Waals surface area contributed by atoms with E-state index in [-0.39, 0.29) is 18.7 Å². The van der Waals surface area contributed by atoms with Crippen molar-refractivity contribution in [2.75, 3.05) is 18.4 Å². The Balaban J connectivity index is 1.93. The molecule has 126 valence electrons. The standard InChI is InChI=1S/C16H15F3N4O/c17-16(18,19)13(12-5-2-1-3-6-12)11-14(24)20-9-10-23-15-21-7-4-8-22-15/h1-8,11H,9-10H2,(H,20,24)(H,21,22,23). The molecular formula is C16H15F3N4O. The van der Waals surface area contributed by atoms with Crippen molar-refractivity contribution in [1.29, 1.82) is 0 Å². The van der Waals surface area contributed by atoms with Gasteiger partial charge < -0.3 is 10.6 Å². The van der Waals surface area contributed by atoms with Crippen molar-refractivity contribution in [3.63, 3.8) is 0 Å². The van der Waals surface area contributed by atoms with E-state index in [1.807, 2.05) is 0 Å². The van der Waals surface area contributed by atoms with Crippen LogP contribution < -0.4 is 10.6 Å². The Labute approximate surface area is 136 Å². The highest BCUT2D eigenvalue weighted by atomic mass is 19.4. The second kappa shape index (κ2) is 8.09. The second-order valence-electron chi connectivity index (χ2n) is 4.71. The molecule has 0 aliphatic carbocycles. The number of carbonyl (C=O) groups excluding carboxylic acids is 1. The van der Waals surface area contributed by atoms with E-state index in [0.717, 1.165) is 0 Å². The first-order valence-corrected chi connectivity index (χ1v) is 7.10. The Morgan fingerprint density at radius 3 is 2.33 bits per heavy atom. The molecule has 0 spiro atoms. The largest absolute Gasteiger partial charge is 0.417 e. The minimum absolute atomic E-state index is 0.0593. The number of hydrogen-bond acceptors (Lipinski definition) is 4. The van der Waals surface area contributed by atoms with Gasteiger partial charge in [-0.05, 0) is 11.6 Å². The summed E-state index contributed by atoms with van der Waals surface area (Å²) in [7, 11) is 0. The summed E-state index contributed by atoms with van der Waals surface area (Å²) in [6.45, 7) is 0.420. The Kier molecular flexibility index (Phi) is 5.89. The molecule has 1 amide bonds. The van der Waals surface area contributed by atoms with Gasteiger partial charge in [0.25, 0.3) is 0 Å². The number of halogens is 3. The Morgan fingerprint density at radius 2 is 1.71 bits per heavy atom. The van der Waals surface area contributed by atoms with E-state index >= 15 is 0 Å². The first-order chi connectivity index (χ1) is 11.5. The Morgan fingerprint density at radius 1 is 1.04 bits per heavy atom. The number of nitrogens with zero attached hydrogens (tertiary/aromatic N) is 2. The van der Waals surface area contributed by atoms with Crippen LogP contribution in [0, 0.1) is 0 Å². The molecule has 2 rings (SSSR count). The second-order valence-corrected chi connectivity index (χ2v) is 4.71. The lowest BCUT2D eigenvalue weighted by molar-refractivity contribution is -0.116. The van der Waals surface area contributed by atoms with E-state index in [9.17, 15) is 18.0 Å². The number of benzene rings is 1. The number of hydrogen-bond donors (Lipinski definition) is 2. The lowest BCUT2D eigenvalue weighted by atomic mass is 10.1. The van der Waals surface area contributed by atoms with Gasteiger partial charge in [-0.3, -0.25) is 4.79 Å². The van der Waals surface area contributed by atoms with Crippen LogP contribution in [0.15, 0.2) is 54.9 Å². The lowest BCUT2D eigenvalue weighted by Gasteiger charge is -2.12. The van der Waals surface area contributed by atoms with Crippen molar-refractivity contribution in [1.82, 2.24) is 15.3 Å². The van der Waals surface area contributed by atoms with Crippen LogP contribution in [0.25, 0.3) is 5.57 Å². The van der Waals surface area contributed by atoms with Crippen LogP contribution >= 0.6 is 0 Å². The van der Waals surface area contributed by atoms with Crippen molar-refractivity contribution in [2.45, 2.75) is 6.18 Å². The molecule has 0 aliphatic heterocycles. The molecule has 1 aromatic carbocycles. The summed E-state index contributed by atoms with van der Waals surface area (Å²) < 4.78 is 39.3. The summed E-state index contributed by atoms with van der Waals surface area (Å²) in [6.07, 6.45) is -0.957. The van der Waals surface area contributed by atoms with Gasteiger partial charge in [0.1, 0.15) is 0 Å². The number of allylic oxidation sites excluding steroid dienone is 1. The molecule has 0 saturated heterocycles. The number of amides is 1. The molecule has 0 bridgehead atoms. The maximum absolute atomic E-state index is 13.1. The van der Waals surface area contributed by atoms with E-state index in [2.05, 4.69) is 20.6 Å². The van der Waals surface area contributed by atoms with Crippen LogP contribution in [0.5, 0.6) is 0 Å². The molecule has 1 aromatic heterocycles. The van der Waals surface area contributed by atoms with E-state index < -0.39 is 17.7 Å². The third-order valence-corrected chi connectivity index (χ3v) is 2.94. The molecule has 0 radical (unpaired) electrons. The fraction of sp³-hybridized carbons (Fsp3) is 0.188. The van der Waals surface area contributed by atoms with Crippen LogP contribution in [-0.2, 0) is 4.79 Å². The average molecular weight is 336 g/mol. The molecule has 24 heavy (non-hydrogen) atoms. The summed E-state index contributed by atoms with van der Waals surface area (Å²) in [6, 6.07) is 8.84. The average Bonchev–Trinajstić information content (AvgIpc) is 2.57. The summed E-state index contributed by atoms with van der Waals surface area (Å²) >= 11 is 0. The molecular weight excluding hydrogens is 321 g/mol. The monoisotopic (exact) mass is 336 g/mol. The number of carbonyl (C=O) groups is 1. The molecule has 2 N–H and O–H groups in total. The molecule has 0 unspecified atom stereocenters. The van der Waals surface area contributed by atoms with Crippen LogP contribution in [-0.4, -0.2) is 35.1 Å². The van der Waals surface area contributed by atoms with E-state index in [1.54, 1.807) is 24.5 Å². The minimum atomic E-state index is -4.62. The summed E-state index contributed by atoms with van der Waals surface area (Å²) in [5.41, 5.74) is -1.05. The predicted octanol–water partition coefficient (Wildman–Crippen LogP) is 2.65. The maximum Gasteiger partial charge on any atom is 0.417 e. The fourth-order valence-electron chi connectivity index (χ4n) is 1.88. The third kappa shape index (κ3) is 5.38. The van der Waals surface area contributed by atoms with Gasteiger partial charge in [-0.1, -0.05) is 30.3 Å². The van der Waals surface area contributed by atoms with Crippen molar-refractivity contribution in [2.24, 2.45) is 0 Å². The van der Waals surface area contributed by atoms with Gasteiger partial charge in [0, 0.05) is 31.6 Å². The van der Waals surface area contributed by atoms with Gasteiger partial charge in [-0.15, -0.1) is 0 Å². The fourth-order valence-corrected chi connectivity index (χ4v) is 1.88. The SMILES string of the molecule is O=C(C=C(c1ccccc1)C(F)(F)F)NCCNc1ncccn1. The summed E-state index contributed by atoms with van der Waals surface area (Å²) in [4.78, 5) is 19.6. The molecule has 0 saturated carbocycles. The van der Waals surface area contributed by atoms with Crippen molar-refractivity contribution in [3.8, 4) is 0 Å². The minimum Gasteiger partial charge on any atom is -0.352 e. The lowest BCUT2D eigenvalue weighted by Crippen LogP contribution is -2.28. The number of nitrogens with one attached hydrogen (secondary N) is 2. The highest BCUT2D eigenvalue weighted by molar-refractivity contribution is 5.96. The zero-order valence-corrected chi connectivity index (χ0v) is 12.5. The highest BCUT2D eigenvalue weighted by Crippen LogP contribution is 2.33. The molecule has 0 atom stereocenters. The van der Waals surface area contributed by atoms with Crippen LogP contribution in [0.1, 0.15) is 5.56 Å². The van der Waals surface area contributed by atoms with Gasteiger partial charge in [0.2, 0.25) is 11.9 Å². The molecule has 2 aromatic rings. The van der Waals surface area contributed by atoms with E-state index in [4.69, 9.17) is 0 Å². The Hall–Kier alpha value is -2.90. The zero-order valence-electron chi connectivity index (χ0n) is 12.5. The van der Waals surface area contributed by atoms with E-state index in [0.29, 0.717) is 12.0 Å². The van der Waals surface area contributed by atoms with Crippen molar-refractivity contribution < 1.29 is 18.0 Å². The van der Waals surface area contributed by atoms with Crippen LogP contribution in [0.3, 0.4) is 0 Å². The molecule has 8 heteroatoms. The molecule has 5 nitrogen and oxygen atoms in total. The van der Waals surface area contributed by atoms with Gasteiger partial charge in [-0.25, -0.2) is 9.97 Å².